The van der Waals surface area contributed by atoms with Crippen LogP contribution in [0.5, 0.6) is 0 Å². The van der Waals surface area contributed by atoms with E-state index in [9.17, 15) is 0 Å². The van der Waals surface area contributed by atoms with Crippen molar-refractivity contribution in [1.29, 1.82) is 0 Å². The van der Waals surface area contributed by atoms with Gasteiger partial charge in [-0.15, -0.1) is 0 Å². The summed E-state index contributed by atoms with van der Waals surface area (Å²) in [7, 11) is -1.62. The Morgan fingerprint density at radius 1 is 1.16 bits per heavy atom. The van der Waals surface area contributed by atoms with Crippen LogP contribution in [0.15, 0.2) is 30.5 Å². The minimum atomic E-state index is -1.62. The van der Waals surface area contributed by atoms with Crippen molar-refractivity contribution >= 4 is 19.2 Å². The van der Waals surface area contributed by atoms with Crippen LogP contribution in [0.2, 0.25) is 18.1 Å². The molecule has 19 heavy (non-hydrogen) atoms. The van der Waals surface area contributed by atoms with Crippen LogP contribution in [0.4, 0.5) is 0 Å². The lowest BCUT2D eigenvalue weighted by molar-refractivity contribution is 0.292. The van der Waals surface area contributed by atoms with Gasteiger partial charge in [0.25, 0.3) is 0 Å². The Bertz CT molecular complexity index is 551. The van der Waals surface area contributed by atoms with Crippen molar-refractivity contribution in [2.75, 3.05) is 6.61 Å². The van der Waals surface area contributed by atoms with Gasteiger partial charge in [0.1, 0.15) is 0 Å². The molecule has 0 atom stereocenters. The van der Waals surface area contributed by atoms with E-state index in [1.54, 1.807) is 0 Å². The van der Waals surface area contributed by atoms with Gasteiger partial charge in [-0.2, -0.15) is 0 Å². The number of aromatic nitrogens is 1. The van der Waals surface area contributed by atoms with Gasteiger partial charge in [0, 0.05) is 18.3 Å². The third kappa shape index (κ3) is 3.10. The molecule has 0 spiro atoms. The highest BCUT2D eigenvalue weighted by atomic mass is 28.4. The molecule has 0 aliphatic rings. The number of H-pyrrole nitrogens is 1. The van der Waals surface area contributed by atoms with E-state index >= 15 is 0 Å². The summed E-state index contributed by atoms with van der Waals surface area (Å²) in [4.78, 5) is 3.32. The fourth-order valence-electron chi connectivity index (χ4n) is 1.99. The highest BCUT2D eigenvalue weighted by molar-refractivity contribution is 6.74. The number of aromatic amines is 1. The number of para-hydroxylation sites is 1. The van der Waals surface area contributed by atoms with Crippen molar-refractivity contribution in [2.24, 2.45) is 0 Å². The molecular weight excluding hydrogens is 250 g/mol. The van der Waals surface area contributed by atoms with Gasteiger partial charge in [-0.25, -0.2) is 0 Å². The predicted octanol–water partition coefficient (Wildman–Crippen LogP) is 4.73. The fourth-order valence-corrected chi connectivity index (χ4v) is 3.04. The van der Waals surface area contributed by atoms with Crippen LogP contribution in [0.25, 0.3) is 10.9 Å². The summed E-state index contributed by atoms with van der Waals surface area (Å²) >= 11 is 0. The largest absolute Gasteiger partial charge is 0.416 e. The maximum Gasteiger partial charge on any atom is 0.191 e. The Balaban J connectivity index is 2.02. The van der Waals surface area contributed by atoms with Crippen LogP contribution in [-0.2, 0) is 10.8 Å². The first-order chi connectivity index (χ1) is 8.81. The van der Waals surface area contributed by atoms with Crippen molar-refractivity contribution in [3.8, 4) is 0 Å². The number of hydrogen-bond donors (Lipinski definition) is 1. The second-order valence-electron chi connectivity index (χ2n) is 6.72. The van der Waals surface area contributed by atoms with E-state index in [0.29, 0.717) is 0 Å². The molecular formula is C16H25NOSi. The van der Waals surface area contributed by atoms with Crippen LogP contribution >= 0.6 is 0 Å². The van der Waals surface area contributed by atoms with Gasteiger partial charge in [-0.05, 0) is 41.6 Å². The van der Waals surface area contributed by atoms with E-state index in [1.165, 1.54) is 16.5 Å². The van der Waals surface area contributed by atoms with Crippen LogP contribution < -0.4 is 0 Å². The van der Waals surface area contributed by atoms with E-state index in [2.05, 4.69) is 63.1 Å². The Morgan fingerprint density at radius 2 is 1.89 bits per heavy atom. The number of fused-ring (bicyclic) bond motifs is 1. The third-order valence-electron chi connectivity index (χ3n) is 4.31. The van der Waals surface area contributed by atoms with Crippen molar-refractivity contribution in [3.05, 3.63) is 36.0 Å². The molecule has 0 unspecified atom stereocenters. The van der Waals surface area contributed by atoms with Crippen molar-refractivity contribution in [2.45, 2.75) is 45.3 Å². The summed E-state index contributed by atoms with van der Waals surface area (Å²) < 4.78 is 6.25. The van der Waals surface area contributed by atoms with Crippen molar-refractivity contribution in [3.63, 3.8) is 0 Å². The number of rotatable bonds is 4. The molecule has 2 nitrogen and oxygen atoms in total. The molecule has 1 aromatic carbocycles. The van der Waals surface area contributed by atoms with Gasteiger partial charge in [-0.1, -0.05) is 39.0 Å². The zero-order chi connectivity index (χ0) is 14.1. The lowest BCUT2D eigenvalue weighted by Gasteiger charge is -2.36. The van der Waals surface area contributed by atoms with Crippen LogP contribution in [0.1, 0.15) is 26.3 Å². The first-order valence-corrected chi connectivity index (χ1v) is 9.91. The normalized spacial score (nSPS) is 13.1. The van der Waals surface area contributed by atoms with E-state index < -0.39 is 8.32 Å². The predicted molar refractivity (Wildman–Crippen MR) is 85.2 cm³/mol. The zero-order valence-corrected chi connectivity index (χ0v) is 13.7. The molecule has 0 aliphatic heterocycles. The Hall–Kier alpha value is -1.06. The average Bonchev–Trinajstić information content (AvgIpc) is 2.76. The molecule has 0 aliphatic carbocycles. The zero-order valence-electron chi connectivity index (χ0n) is 12.7. The number of hydrogen-bond acceptors (Lipinski definition) is 1. The van der Waals surface area contributed by atoms with Crippen LogP contribution in [-0.4, -0.2) is 19.9 Å². The molecule has 2 aromatic rings. The summed E-state index contributed by atoms with van der Waals surface area (Å²) in [5.74, 6) is 0. The quantitative estimate of drug-likeness (QED) is 0.802. The maximum absolute atomic E-state index is 6.25. The highest BCUT2D eigenvalue weighted by Gasteiger charge is 2.36. The van der Waals surface area contributed by atoms with Crippen molar-refractivity contribution < 1.29 is 4.43 Å². The number of nitrogens with one attached hydrogen (secondary N) is 1. The Labute approximate surface area is 117 Å². The molecule has 0 bridgehead atoms. The van der Waals surface area contributed by atoms with E-state index in [4.69, 9.17) is 4.43 Å². The molecule has 0 fully saturated rings. The SMILES string of the molecule is CC(C)(C)[Si](C)(C)OCCc1cccc2cc[nH]c12. The molecule has 0 saturated heterocycles. The molecule has 0 saturated carbocycles. The average molecular weight is 275 g/mol. The van der Waals surface area contributed by atoms with Gasteiger partial charge in [-0.3, -0.25) is 0 Å². The van der Waals surface area contributed by atoms with Crippen molar-refractivity contribution in [1.82, 2.24) is 4.98 Å². The van der Waals surface area contributed by atoms with E-state index in [-0.39, 0.29) is 5.04 Å². The number of benzene rings is 1. The molecule has 1 aromatic heterocycles. The summed E-state index contributed by atoms with van der Waals surface area (Å²) in [6, 6.07) is 8.57. The maximum atomic E-state index is 6.25. The van der Waals surface area contributed by atoms with Crippen LogP contribution in [0, 0.1) is 0 Å². The Morgan fingerprint density at radius 3 is 2.58 bits per heavy atom. The third-order valence-corrected chi connectivity index (χ3v) is 8.85. The Kier molecular flexibility index (Phi) is 3.88. The smallest absolute Gasteiger partial charge is 0.191 e. The van der Waals surface area contributed by atoms with E-state index in [1.807, 2.05) is 6.20 Å². The molecule has 1 heterocycles. The minimum absolute atomic E-state index is 0.283. The lowest BCUT2D eigenvalue weighted by atomic mass is 10.1. The second-order valence-corrected chi connectivity index (χ2v) is 11.5. The summed E-state index contributed by atoms with van der Waals surface area (Å²) in [5.41, 5.74) is 2.60. The van der Waals surface area contributed by atoms with Gasteiger partial charge in [0.2, 0.25) is 0 Å². The van der Waals surface area contributed by atoms with Gasteiger partial charge in [0.15, 0.2) is 8.32 Å². The standard InChI is InChI=1S/C16H25NOSi/c1-16(2,3)19(4,5)18-12-10-14-8-6-7-13-9-11-17-15(13)14/h6-9,11,17H,10,12H2,1-5H3. The second kappa shape index (κ2) is 5.14. The van der Waals surface area contributed by atoms with Gasteiger partial charge < -0.3 is 9.41 Å². The molecule has 0 radical (unpaired) electrons. The summed E-state index contributed by atoms with van der Waals surface area (Å²) in [6.45, 7) is 12.3. The molecule has 0 amide bonds. The van der Waals surface area contributed by atoms with E-state index in [0.717, 1.165) is 13.0 Å². The highest BCUT2D eigenvalue weighted by Crippen LogP contribution is 2.36. The van der Waals surface area contributed by atoms with Gasteiger partial charge in [0.05, 0.1) is 0 Å². The molecule has 2 rings (SSSR count). The van der Waals surface area contributed by atoms with Crippen LogP contribution in [0.3, 0.4) is 0 Å². The topological polar surface area (TPSA) is 25.0 Å². The molecule has 3 heteroatoms. The van der Waals surface area contributed by atoms with Gasteiger partial charge >= 0.3 is 0 Å². The lowest BCUT2D eigenvalue weighted by Crippen LogP contribution is -2.41. The summed E-state index contributed by atoms with van der Waals surface area (Å²) in [5, 5.41) is 1.57. The monoisotopic (exact) mass is 275 g/mol. The first-order valence-electron chi connectivity index (χ1n) is 7.00. The summed E-state index contributed by atoms with van der Waals surface area (Å²) in [6.07, 6.45) is 2.98. The minimum Gasteiger partial charge on any atom is -0.416 e. The molecule has 1 N–H and O–H groups in total. The first kappa shape index (κ1) is 14.3. The molecule has 104 valence electrons. The fraction of sp³-hybridized carbons (Fsp3) is 0.500.